The Morgan fingerprint density at radius 3 is 2.44 bits per heavy atom. The van der Waals surface area contributed by atoms with Gasteiger partial charge in [-0.15, -0.1) is 0 Å². The van der Waals surface area contributed by atoms with Gasteiger partial charge in [-0.3, -0.25) is 19.7 Å². The number of nitrogens with zero attached hydrogens (tertiary/aromatic N) is 3. The molecule has 0 saturated carbocycles. The van der Waals surface area contributed by atoms with Gasteiger partial charge in [-0.2, -0.15) is 0 Å². The Bertz CT molecular complexity index is 1830. The van der Waals surface area contributed by atoms with Crippen molar-refractivity contribution in [1.82, 2.24) is 14.8 Å². The van der Waals surface area contributed by atoms with Gasteiger partial charge >= 0.3 is 5.97 Å². The maximum atomic E-state index is 13.4. The molecule has 1 aromatic heterocycles. The average molecular weight is 608 g/mol. The Balaban J connectivity index is 1.48. The summed E-state index contributed by atoms with van der Waals surface area (Å²) in [7, 11) is -2.15. The summed E-state index contributed by atoms with van der Waals surface area (Å²) in [5, 5.41) is 23.4. The number of aromatic carboxylic acids is 1. The van der Waals surface area contributed by atoms with Gasteiger partial charge in [-0.25, -0.2) is 13.2 Å². The monoisotopic (exact) mass is 607 g/mol. The van der Waals surface area contributed by atoms with E-state index in [4.69, 9.17) is 5.11 Å². The van der Waals surface area contributed by atoms with Crippen LogP contribution in [0.4, 0.5) is 11.4 Å². The van der Waals surface area contributed by atoms with Crippen LogP contribution in [0.5, 0.6) is 0 Å². The predicted octanol–water partition coefficient (Wildman–Crippen LogP) is 3.09. The first-order chi connectivity index (χ1) is 20.3. The first kappa shape index (κ1) is 29.7. The van der Waals surface area contributed by atoms with Gasteiger partial charge in [0.05, 0.1) is 32.3 Å². The van der Waals surface area contributed by atoms with Gasteiger partial charge in [-0.05, 0) is 56.8 Å². The minimum absolute atomic E-state index is 0.0980. The second kappa shape index (κ2) is 11.1. The summed E-state index contributed by atoms with van der Waals surface area (Å²) >= 11 is 0. The number of nitro groups is 1. The quantitative estimate of drug-likeness (QED) is 0.206. The number of nitrogens with one attached hydrogen (secondary N) is 2. The molecule has 2 amide bonds. The normalized spacial score (nSPS) is 16.3. The summed E-state index contributed by atoms with van der Waals surface area (Å²) in [5.41, 5.74) is 2.14. The van der Waals surface area contributed by atoms with Crippen molar-refractivity contribution < 1.29 is 32.8 Å². The third-order valence-corrected chi connectivity index (χ3v) is 9.44. The molecule has 5 rings (SSSR count). The molecular weight excluding hydrogens is 578 g/mol. The number of carbonyl (C=O) groups is 3. The number of carbonyl (C=O) groups excluding carboxylic acids is 2. The number of rotatable bonds is 7. The Morgan fingerprint density at radius 2 is 1.79 bits per heavy atom. The van der Waals surface area contributed by atoms with E-state index in [9.17, 15) is 32.9 Å². The topological polar surface area (TPSA) is 183 Å². The lowest BCUT2D eigenvalue weighted by Gasteiger charge is -2.32. The SMILES string of the molecule is Cc1[nH]c(/C=C2\C(=O)Nc3ccc(S(=O)(=O)Cc4ccc(C(=O)O)cc4[N+](=O)[O-])cc32)c(C)c1C(=O)N1CCN(C)CC1. The predicted molar refractivity (Wildman–Crippen MR) is 158 cm³/mol. The molecule has 2 aromatic carbocycles. The second-order valence-electron chi connectivity index (χ2n) is 10.6. The van der Waals surface area contributed by atoms with E-state index < -0.39 is 38.1 Å². The van der Waals surface area contributed by atoms with Crippen molar-refractivity contribution in [3.05, 3.63) is 85.7 Å². The number of sulfone groups is 1. The van der Waals surface area contributed by atoms with Crippen molar-refractivity contribution in [3.8, 4) is 0 Å². The number of carboxylic acid groups (broad SMARTS) is 1. The molecular formula is C29H29N5O8S. The van der Waals surface area contributed by atoms with E-state index >= 15 is 0 Å². The number of benzene rings is 2. The van der Waals surface area contributed by atoms with Gasteiger partial charge in [0.2, 0.25) is 0 Å². The van der Waals surface area contributed by atoms with Crippen molar-refractivity contribution >= 4 is 50.6 Å². The lowest BCUT2D eigenvalue weighted by atomic mass is 10.0. The minimum atomic E-state index is -4.16. The van der Waals surface area contributed by atoms with Crippen LogP contribution in [-0.2, 0) is 20.4 Å². The minimum Gasteiger partial charge on any atom is -0.478 e. The number of fused-ring (bicyclic) bond motifs is 1. The standard InChI is InChI=1S/C29H29N5O8S/c1-16-24(30-17(2)26(16)28(36)33-10-8-32(3)9-11-33)14-22-21-13-20(6-7-23(21)31-27(22)35)43(41,42)15-19-5-4-18(29(37)38)12-25(19)34(39)40/h4-7,12-14,30H,8-11,15H2,1-3H3,(H,31,35)(H,37,38)/b22-14-. The summed E-state index contributed by atoms with van der Waals surface area (Å²) < 4.78 is 26.7. The van der Waals surface area contributed by atoms with E-state index in [2.05, 4.69) is 15.2 Å². The van der Waals surface area contributed by atoms with E-state index in [1.54, 1.807) is 24.8 Å². The van der Waals surface area contributed by atoms with Crippen molar-refractivity contribution in [2.75, 3.05) is 38.5 Å². The fraction of sp³-hybridized carbons (Fsp3) is 0.276. The fourth-order valence-corrected chi connectivity index (χ4v) is 6.73. The van der Waals surface area contributed by atoms with E-state index in [0.29, 0.717) is 46.9 Å². The Morgan fingerprint density at radius 1 is 1.09 bits per heavy atom. The lowest BCUT2D eigenvalue weighted by Crippen LogP contribution is -2.47. The van der Waals surface area contributed by atoms with Gasteiger partial charge in [0.1, 0.15) is 0 Å². The van der Waals surface area contributed by atoms with E-state index in [-0.39, 0.29) is 27.5 Å². The molecule has 0 spiro atoms. The maximum Gasteiger partial charge on any atom is 0.335 e. The number of likely N-dealkylation sites (N-methyl/N-ethyl adjacent to an activating group) is 1. The Labute approximate surface area is 246 Å². The van der Waals surface area contributed by atoms with Crippen molar-refractivity contribution in [3.63, 3.8) is 0 Å². The van der Waals surface area contributed by atoms with Crippen LogP contribution in [0.25, 0.3) is 11.6 Å². The summed E-state index contributed by atoms with van der Waals surface area (Å²) in [6, 6.07) is 7.11. The van der Waals surface area contributed by atoms with Gasteiger partial charge in [0, 0.05) is 60.4 Å². The molecule has 13 nitrogen and oxygen atoms in total. The van der Waals surface area contributed by atoms with Crippen molar-refractivity contribution in [2.45, 2.75) is 24.5 Å². The van der Waals surface area contributed by atoms with Crippen LogP contribution in [0.2, 0.25) is 0 Å². The Kier molecular flexibility index (Phi) is 7.67. The number of hydrogen-bond acceptors (Lipinski definition) is 8. The highest BCUT2D eigenvalue weighted by Gasteiger charge is 2.30. The summed E-state index contributed by atoms with van der Waals surface area (Å²) in [6.45, 7) is 6.33. The first-order valence-electron chi connectivity index (χ1n) is 13.3. The molecule has 2 aliphatic heterocycles. The van der Waals surface area contributed by atoms with Crippen LogP contribution in [0.15, 0.2) is 41.3 Å². The number of H-pyrrole nitrogens is 1. The van der Waals surface area contributed by atoms with Gasteiger partial charge < -0.3 is 25.2 Å². The molecule has 14 heteroatoms. The van der Waals surface area contributed by atoms with Crippen LogP contribution in [0.3, 0.4) is 0 Å². The third kappa shape index (κ3) is 5.66. The molecule has 2 aliphatic rings. The molecule has 0 radical (unpaired) electrons. The molecule has 3 N–H and O–H groups in total. The molecule has 0 aliphatic carbocycles. The molecule has 0 unspecified atom stereocenters. The highest BCUT2D eigenvalue weighted by molar-refractivity contribution is 7.90. The van der Waals surface area contributed by atoms with Crippen molar-refractivity contribution in [2.24, 2.45) is 0 Å². The summed E-state index contributed by atoms with van der Waals surface area (Å²) in [5.74, 6) is -2.69. The number of aromatic amines is 1. The number of amides is 2. The zero-order valence-corrected chi connectivity index (χ0v) is 24.4. The van der Waals surface area contributed by atoms with Gasteiger partial charge in [0.25, 0.3) is 17.5 Å². The molecule has 43 heavy (non-hydrogen) atoms. The lowest BCUT2D eigenvalue weighted by molar-refractivity contribution is -0.385. The van der Waals surface area contributed by atoms with E-state index in [1.165, 1.54) is 18.2 Å². The largest absolute Gasteiger partial charge is 0.478 e. The number of carboxylic acids is 1. The number of hydrogen-bond donors (Lipinski definition) is 3. The van der Waals surface area contributed by atoms with Crippen LogP contribution >= 0.6 is 0 Å². The van der Waals surface area contributed by atoms with Crippen LogP contribution < -0.4 is 5.32 Å². The first-order valence-corrected chi connectivity index (χ1v) is 15.0. The zero-order valence-electron chi connectivity index (χ0n) is 23.6. The molecule has 0 atom stereocenters. The van der Waals surface area contributed by atoms with Crippen LogP contribution in [-0.4, -0.2) is 84.2 Å². The molecule has 224 valence electrons. The second-order valence-corrected chi connectivity index (χ2v) is 12.6. The van der Waals surface area contributed by atoms with Crippen molar-refractivity contribution in [1.29, 1.82) is 0 Å². The smallest absolute Gasteiger partial charge is 0.335 e. The summed E-state index contributed by atoms with van der Waals surface area (Å²) in [6.07, 6.45) is 1.58. The number of nitro benzene ring substituents is 1. The third-order valence-electron chi connectivity index (χ3n) is 7.78. The highest BCUT2D eigenvalue weighted by Crippen LogP contribution is 2.37. The fourth-order valence-electron chi connectivity index (χ4n) is 5.33. The maximum absolute atomic E-state index is 13.4. The molecule has 3 heterocycles. The van der Waals surface area contributed by atoms with Crippen LogP contribution in [0.1, 0.15) is 48.8 Å². The van der Waals surface area contributed by atoms with Gasteiger partial charge in [0.15, 0.2) is 9.84 Å². The van der Waals surface area contributed by atoms with E-state index in [0.717, 1.165) is 31.3 Å². The van der Waals surface area contributed by atoms with Gasteiger partial charge in [-0.1, -0.05) is 6.07 Å². The average Bonchev–Trinajstić information content (AvgIpc) is 3.41. The zero-order chi connectivity index (χ0) is 31.2. The molecule has 3 aromatic rings. The highest BCUT2D eigenvalue weighted by atomic mass is 32.2. The summed E-state index contributed by atoms with van der Waals surface area (Å²) in [4.78, 5) is 55.2. The number of anilines is 1. The van der Waals surface area contributed by atoms with E-state index in [1.807, 2.05) is 7.05 Å². The van der Waals surface area contributed by atoms with Crippen LogP contribution in [0, 0.1) is 24.0 Å². The molecule has 0 bridgehead atoms. The molecule has 1 fully saturated rings. The Hall–Kier alpha value is -4.82. The molecule has 1 saturated heterocycles. The number of aromatic nitrogens is 1. The number of piperazine rings is 1. The number of aryl methyl sites for hydroxylation is 1.